The van der Waals surface area contributed by atoms with Gasteiger partial charge in [0, 0.05) is 23.6 Å². The maximum Gasteiger partial charge on any atom is 0.191 e. The Balaban J connectivity index is 0.00000192. The predicted molar refractivity (Wildman–Crippen MR) is 106 cm³/mol. The Labute approximate surface area is 164 Å². The first-order valence-electron chi connectivity index (χ1n) is 7.71. The molecule has 0 spiro atoms. The molecule has 2 saturated heterocycles. The molecule has 1 aromatic rings. The summed E-state index contributed by atoms with van der Waals surface area (Å²) in [5.41, 5.74) is 1.11. The van der Waals surface area contributed by atoms with Crippen LogP contribution < -0.4 is 10.6 Å². The van der Waals surface area contributed by atoms with E-state index >= 15 is 0 Å². The van der Waals surface area contributed by atoms with Crippen molar-refractivity contribution in [3.05, 3.63) is 33.8 Å². The highest BCUT2D eigenvalue weighted by Gasteiger charge is 2.41. The van der Waals surface area contributed by atoms with Gasteiger partial charge in [-0.2, -0.15) is 0 Å². The van der Waals surface area contributed by atoms with Crippen molar-refractivity contribution in [1.29, 1.82) is 0 Å². The van der Waals surface area contributed by atoms with Crippen molar-refractivity contribution in [3.8, 4) is 0 Å². The molecule has 23 heavy (non-hydrogen) atoms. The first-order valence-corrected chi connectivity index (χ1v) is 8.47. The summed E-state index contributed by atoms with van der Waals surface area (Å²) in [7, 11) is 1.79. The first kappa shape index (κ1) is 19.1. The summed E-state index contributed by atoms with van der Waals surface area (Å²) in [5.74, 6) is 0.828. The predicted octanol–water partition coefficient (Wildman–Crippen LogP) is 3.64. The highest BCUT2D eigenvalue weighted by Crippen LogP contribution is 2.34. The summed E-state index contributed by atoms with van der Waals surface area (Å²) in [6.07, 6.45) is 5.05. The molecule has 0 saturated carbocycles. The molecule has 2 aliphatic heterocycles. The summed E-state index contributed by atoms with van der Waals surface area (Å²) in [6.45, 7) is 0.776. The Hall–Kier alpha value is -0.240. The summed E-state index contributed by atoms with van der Waals surface area (Å²) in [4.78, 5) is 4.29. The zero-order valence-electron chi connectivity index (χ0n) is 13.0. The van der Waals surface area contributed by atoms with Crippen LogP contribution in [-0.2, 0) is 11.2 Å². The molecule has 2 fully saturated rings. The minimum atomic E-state index is 0. The van der Waals surface area contributed by atoms with E-state index in [0.717, 1.165) is 37.3 Å². The van der Waals surface area contributed by atoms with Gasteiger partial charge >= 0.3 is 0 Å². The number of rotatable bonds is 4. The second-order valence-electron chi connectivity index (χ2n) is 5.89. The molecule has 2 N–H and O–H groups in total. The SMILES string of the molecule is CN=C(NCCc1cc(Cl)cc(Cl)c1)NC1CC2CCC1O2.I. The van der Waals surface area contributed by atoms with Crippen molar-refractivity contribution in [2.24, 2.45) is 4.99 Å². The average molecular weight is 470 g/mol. The molecule has 1 aromatic carbocycles. The van der Waals surface area contributed by atoms with Gasteiger partial charge in [0.25, 0.3) is 0 Å². The smallest absolute Gasteiger partial charge is 0.191 e. The number of hydrogen-bond acceptors (Lipinski definition) is 2. The van der Waals surface area contributed by atoms with E-state index in [4.69, 9.17) is 27.9 Å². The van der Waals surface area contributed by atoms with E-state index in [9.17, 15) is 0 Å². The summed E-state index contributed by atoms with van der Waals surface area (Å²) < 4.78 is 5.86. The monoisotopic (exact) mass is 469 g/mol. The highest BCUT2D eigenvalue weighted by atomic mass is 127. The van der Waals surface area contributed by atoms with E-state index in [-0.39, 0.29) is 24.0 Å². The molecule has 2 aliphatic rings. The first-order chi connectivity index (χ1) is 10.6. The largest absolute Gasteiger partial charge is 0.373 e. The van der Waals surface area contributed by atoms with Crippen molar-refractivity contribution in [3.63, 3.8) is 0 Å². The molecule has 0 amide bonds. The third-order valence-electron chi connectivity index (χ3n) is 4.28. The number of aliphatic imine (C=N–C) groups is 1. The van der Waals surface area contributed by atoms with Gasteiger partial charge in [-0.3, -0.25) is 4.99 Å². The molecule has 0 aromatic heterocycles. The third kappa shape index (κ3) is 5.11. The van der Waals surface area contributed by atoms with Gasteiger partial charge in [-0.05, 0) is 49.4 Å². The van der Waals surface area contributed by atoms with Crippen LogP contribution in [0.15, 0.2) is 23.2 Å². The summed E-state index contributed by atoms with van der Waals surface area (Å²) in [6, 6.07) is 6.00. The molecule has 0 radical (unpaired) electrons. The molecule has 3 atom stereocenters. The molecule has 4 nitrogen and oxygen atoms in total. The number of ether oxygens (including phenoxy) is 1. The number of nitrogens with one attached hydrogen (secondary N) is 2. The quantitative estimate of drug-likeness (QED) is 0.402. The van der Waals surface area contributed by atoms with E-state index in [1.165, 1.54) is 6.42 Å². The summed E-state index contributed by atoms with van der Waals surface area (Å²) >= 11 is 12.0. The topological polar surface area (TPSA) is 45.7 Å². The van der Waals surface area contributed by atoms with Crippen LogP contribution in [0, 0.1) is 0 Å². The molecule has 2 heterocycles. The van der Waals surface area contributed by atoms with Gasteiger partial charge < -0.3 is 15.4 Å². The molecule has 0 aliphatic carbocycles. The van der Waals surface area contributed by atoms with Crippen LogP contribution in [0.3, 0.4) is 0 Å². The van der Waals surface area contributed by atoms with Crippen molar-refractivity contribution in [1.82, 2.24) is 10.6 Å². The van der Waals surface area contributed by atoms with E-state index in [0.29, 0.717) is 28.3 Å². The van der Waals surface area contributed by atoms with E-state index < -0.39 is 0 Å². The third-order valence-corrected chi connectivity index (χ3v) is 4.72. The van der Waals surface area contributed by atoms with Crippen molar-refractivity contribution in [2.75, 3.05) is 13.6 Å². The van der Waals surface area contributed by atoms with Crippen LogP contribution in [0.1, 0.15) is 24.8 Å². The molecular weight excluding hydrogens is 448 g/mol. The zero-order chi connectivity index (χ0) is 15.5. The molecule has 3 unspecified atom stereocenters. The number of nitrogens with zero attached hydrogens (tertiary/aromatic N) is 1. The van der Waals surface area contributed by atoms with Crippen molar-refractivity contribution >= 4 is 53.1 Å². The molecule has 7 heteroatoms. The van der Waals surface area contributed by atoms with Gasteiger partial charge in [-0.15, -0.1) is 24.0 Å². The van der Waals surface area contributed by atoms with E-state index in [1.54, 1.807) is 13.1 Å². The van der Waals surface area contributed by atoms with Crippen LogP contribution in [0.4, 0.5) is 0 Å². The summed E-state index contributed by atoms with van der Waals surface area (Å²) in [5, 5.41) is 8.15. The van der Waals surface area contributed by atoms with Crippen LogP contribution in [0.2, 0.25) is 10.0 Å². The Morgan fingerprint density at radius 1 is 1.26 bits per heavy atom. The maximum atomic E-state index is 6.01. The Bertz CT molecular complexity index is 550. The van der Waals surface area contributed by atoms with Crippen molar-refractivity contribution in [2.45, 2.75) is 43.9 Å². The maximum absolute atomic E-state index is 6.01. The van der Waals surface area contributed by atoms with Crippen LogP contribution >= 0.6 is 47.2 Å². The number of guanidine groups is 1. The molecule has 2 bridgehead atoms. The second kappa shape index (κ2) is 8.74. The fourth-order valence-corrected chi connectivity index (χ4v) is 3.81. The fourth-order valence-electron chi connectivity index (χ4n) is 3.24. The van der Waals surface area contributed by atoms with Gasteiger partial charge in [0.05, 0.1) is 18.2 Å². The van der Waals surface area contributed by atoms with E-state index in [1.807, 2.05) is 12.1 Å². The van der Waals surface area contributed by atoms with Gasteiger partial charge in [-0.25, -0.2) is 0 Å². The standard InChI is InChI=1S/C16H21Cl2N3O.HI/c1-19-16(21-14-9-13-2-3-15(14)22-13)20-5-4-10-6-11(17)8-12(18)7-10;/h6-8,13-15H,2-5,9H2,1H3,(H2,19,20,21);1H. The Morgan fingerprint density at radius 3 is 2.57 bits per heavy atom. The van der Waals surface area contributed by atoms with Crippen LogP contribution in [0.25, 0.3) is 0 Å². The number of hydrogen-bond donors (Lipinski definition) is 2. The molecule has 128 valence electrons. The fraction of sp³-hybridized carbons (Fsp3) is 0.562. The number of halogens is 3. The molecule has 3 rings (SSSR count). The average Bonchev–Trinajstić information content (AvgIpc) is 3.07. The molecular formula is C16H22Cl2IN3O. The number of benzene rings is 1. The highest BCUT2D eigenvalue weighted by molar-refractivity contribution is 14.0. The van der Waals surface area contributed by atoms with Gasteiger partial charge in [0.15, 0.2) is 5.96 Å². The lowest BCUT2D eigenvalue weighted by atomic mass is 9.96. The van der Waals surface area contributed by atoms with Gasteiger partial charge in [0.2, 0.25) is 0 Å². The Morgan fingerprint density at radius 2 is 2.00 bits per heavy atom. The number of fused-ring (bicyclic) bond motifs is 2. The minimum Gasteiger partial charge on any atom is -0.373 e. The zero-order valence-corrected chi connectivity index (χ0v) is 16.9. The van der Waals surface area contributed by atoms with Crippen LogP contribution in [-0.4, -0.2) is 37.8 Å². The second-order valence-corrected chi connectivity index (χ2v) is 6.76. The van der Waals surface area contributed by atoms with Crippen molar-refractivity contribution < 1.29 is 4.74 Å². The lowest BCUT2D eigenvalue weighted by molar-refractivity contribution is 0.0992. The van der Waals surface area contributed by atoms with Gasteiger partial charge in [0.1, 0.15) is 0 Å². The minimum absolute atomic E-state index is 0. The Kier molecular flexibility index (Phi) is 7.25. The normalized spacial score (nSPS) is 26.0. The lowest BCUT2D eigenvalue weighted by Crippen LogP contribution is -2.47. The van der Waals surface area contributed by atoms with E-state index in [2.05, 4.69) is 15.6 Å². The lowest BCUT2D eigenvalue weighted by Gasteiger charge is -2.22. The van der Waals surface area contributed by atoms with Gasteiger partial charge in [-0.1, -0.05) is 23.2 Å². The van der Waals surface area contributed by atoms with Crippen LogP contribution in [0.5, 0.6) is 0 Å².